The molecule has 0 saturated heterocycles. The topological polar surface area (TPSA) is 88.1 Å². The van der Waals surface area contributed by atoms with Gasteiger partial charge in [-0.3, -0.25) is 10.1 Å². The number of aromatic amines is 2. The molecule has 5 heterocycles. The highest BCUT2D eigenvalue weighted by atomic mass is 32.1. The number of hydrogen-bond acceptors (Lipinski definition) is 5. The van der Waals surface area contributed by atoms with Gasteiger partial charge in [-0.2, -0.15) is 9.49 Å². The molecule has 5 rings (SSSR count). The normalized spacial score (nSPS) is 12.1. The van der Waals surface area contributed by atoms with Crippen molar-refractivity contribution in [3.05, 3.63) is 76.5 Å². The van der Waals surface area contributed by atoms with Gasteiger partial charge in [0, 0.05) is 28.6 Å². The summed E-state index contributed by atoms with van der Waals surface area (Å²) in [5.41, 5.74) is 5.61. The number of allylic oxidation sites excluding steroid dienone is 2. The summed E-state index contributed by atoms with van der Waals surface area (Å²) in [6, 6.07) is 5.19. The van der Waals surface area contributed by atoms with Crippen molar-refractivity contribution in [3.8, 4) is 22.9 Å². The molecule has 32 heavy (non-hydrogen) atoms. The van der Waals surface area contributed by atoms with Crippen molar-refractivity contribution >= 4 is 27.8 Å². The highest BCUT2D eigenvalue weighted by molar-refractivity contribution is 7.11. The molecule has 9 heteroatoms. The number of imidazole rings is 2. The van der Waals surface area contributed by atoms with Crippen LogP contribution >= 0.6 is 11.3 Å². The zero-order valence-electron chi connectivity index (χ0n) is 17.8. The minimum absolute atomic E-state index is 0.243. The smallest absolute Gasteiger partial charge is 0.176 e. The van der Waals surface area contributed by atoms with E-state index in [0.29, 0.717) is 11.5 Å². The summed E-state index contributed by atoms with van der Waals surface area (Å²) in [5, 5.41) is 8.17. The van der Waals surface area contributed by atoms with Gasteiger partial charge in [-0.05, 0) is 32.0 Å². The van der Waals surface area contributed by atoms with Gasteiger partial charge in [0.2, 0.25) is 0 Å². The number of fused-ring (bicyclic) bond motifs is 1. The predicted octanol–water partition coefficient (Wildman–Crippen LogP) is 5.18. The monoisotopic (exact) mass is 445 g/mol. The fourth-order valence-electron chi connectivity index (χ4n) is 3.67. The van der Waals surface area contributed by atoms with Crippen molar-refractivity contribution in [3.63, 3.8) is 0 Å². The third-order valence-electron chi connectivity index (χ3n) is 5.42. The highest BCUT2D eigenvalue weighted by Crippen LogP contribution is 2.33. The first-order chi connectivity index (χ1) is 15.5. The maximum absolute atomic E-state index is 13.7. The third-order valence-corrected chi connectivity index (χ3v) is 6.32. The van der Waals surface area contributed by atoms with E-state index in [1.807, 2.05) is 43.8 Å². The van der Waals surface area contributed by atoms with Gasteiger partial charge in [0.1, 0.15) is 11.5 Å². The van der Waals surface area contributed by atoms with Crippen LogP contribution < -0.4 is 0 Å². The van der Waals surface area contributed by atoms with E-state index < -0.39 is 0 Å². The van der Waals surface area contributed by atoms with Crippen molar-refractivity contribution in [2.75, 3.05) is 0 Å². The van der Waals surface area contributed by atoms with Crippen LogP contribution in [0.25, 0.3) is 39.4 Å². The molecule has 0 radical (unpaired) electrons. The van der Waals surface area contributed by atoms with Crippen molar-refractivity contribution in [2.24, 2.45) is 7.05 Å². The predicted molar refractivity (Wildman–Crippen MR) is 125 cm³/mol. The number of H-pyrrole nitrogens is 2. The van der Waals surface area contributed by atoms with Gasteiger partial charge in [0.05, 0.1) is 35.0 Å². The second kappa shape index (κ2) is 7.69. The fraction of sp³-hybridized carbons (Fsp3) is 0.130. The minimum atomic E-state index is -0.243. The SMILES string of the molecule is C=C/C=C(/c1ccc(F)s1)c1nc(-c2n[nH]c3cnc(-c4cnc(C)n4C)cc23)[nH]c1C. The van der Waals surface area contributed by atoms with Crippen LogP contribution in [0.15, 0.2) is 49.3 Å². The molecule has 0 unspecified atom stereocenters. The van der Waals surface area contributed by atoms with Gasteiger partial charge in [0.25, 0.3) is 0 Å². The van der Waals surface area contributed by atoms with E-state index in [1.54, 1.807) is 18.3 Å². The maximum Gasteiger partial charge on any atom is 0.176 e. The van der Waals surface area contributed by atoms with E-state index in [1.165, 1.54) is 6.07 Å². The first-order valence-corrected chi connectivity index (χ1v) is 10.8. The molecule has 0 aliphatic heterocycles. The second-order valence-corrected chi connectivity index (χ2v) is 8.45. The Bertz CT molecular complexity index is 1500. The quantitative estimate of drug-likeness (QED) is 0.365. The second-order valence-electron chi connectivity index (χ2n) is 7.42. The molecule has 0 spiro atoms. The summed E-state index contributed by atoms with van der Waals surface area (Å²) in [7, 11) is 1.96. The minimum Gasteiger partial charge on any atom is -0.340 e. The van der Waals surface area contributed by atoms with Crippen molar-refractivity contribution in [1.29, 1.82) is 0 Å². The van der Waals surface area contributed by atoms with Gasteiger partial charge < -0.3 is 9.55 Å². The zero-order valence-corrected chi connectivity index (χ0v) is 18.6. The Kier molecular flexibility index (Phi) is 4.82. The third kappa shape index (κ3) is 3.27. The van der Waals surface area contributed by atoms with E-state index in [-0.39, 0.29) is 5.13 Å². The molecule has 0 fully saturated rings. The number of aryl methyl sites for hydroxylation is 2. The molecule has 5 aromatic rings. The summed E-state index contributed by atoms with van der Waals surface area (Å²) in [4.78, 5) is 17.9. The van der Waals surface area contributed by atoms with Gasteiger partial charge >= 0.3 is 0 Å². The Labute approximate surface area is 187 Å². The van der Waals surface area contributed by atoms with E-state index in [9.17, 15) is 4.39 Å². The molecular weight excluding hydrogens is 425 g/mol. The Balaban J connectivity index is 1.62. The molecule has 5 aromatic heterocycles. The summed E-state index contributed by atoms with van der Waals surface area (Å²) >= 11 is 1.08. The molecule has 0 atom stereocenters. The fourth-order valence-corrected chi connectivity index (χ4v) is 4.42. The summed E-state index contributed by atoms with van der Waals surface area (Å²) in [6.45, 7) is 7.69. The van der Waals surface area contributed by atoms with Crippen molar-refractivity contribution in [2.45, 2.75) is 13.8 Å². The first kappa shape index (κ1) is 20.1. The average molecular weight is 446 g/mol. The number of aromatic nitrogens is 7. The van der Waals surface area contributed by atoms with Crippen LogP contribution in [0.2, 0.25) is 0 Å². The summed E-state index contributed by atoms with van der Waals surface area (Å²) in [5.74, 6) is 1.53. The van der Waals surface area contributed by atoms with Crippen molar-refractivity contribution in [1.82, 2.24) is 34.7 Å². The van der Waals surface area contributed by atoms with E-state index in [0.717, 1.165) is 61.3 Å². The lowest BCUT2D eigenvalue weighted by molar-refractivity contribution is 0.657. The number of thiophene rings is 1. The summed E-state index contributed by atoms with van der Waals surface area (Å²) < 4.78 is 15.7. The van der Waals surface area contributed by atoms with Crippen LogP contribution in [0.5, 0.6) is 0 Å². The van der Waals surface area contributed by atoms with Crippen LogP contribution in [0, 0.1) is 19.0 Å². The molecule has 0 aromatic carbocycles. The van der Waals surface area contributed by atoms with Gasteiger partial charge in [-0.1, -0.05) is 18.7 Å². The Morgan fingerprint density at radius 1 is 1.22 bits per heavy atom. The molecule has 0 bridgehead atoms. The number of pyridine rings is 1. The van der Waals surface area contributed by atoms with Crippen LogP contribution in [-0.2, 0) is 7.05 Å². The van der Waals surface area contributed by atoms with Crippen molar-refractivity contribution < 1.29 is 4.39 Å². The Morgan fingerprint density at radius 3 is 2.75 bits per heavy atom. The average Bonchev–Trinajstić information content (AvgIpc) is 3.54. The summed E-state index contributed by atoms with van der Waals surface area (Å²) in [6.07, 6.45) is 7.09. The Morgan fingerprint density at radius 2 is 2.06 bits per heavy atom. The standard InChI is InChI=1S/C23H20FN7S/c1-5-6-14(19-7-8-20(24)32-19)21-12(2)27-23(28-21)22-15-9-16(26-10-17(15)29-30-22)18-11-25-13(3)31(18)4/h5-11H,1H2,2-4H3,(H,27,28)(H,29,30)/b14-6-. The van der Waals surface area contributed by atoms with E-state index in [4.69, 9.17) is 4.98 Å². The molecule has 7 nitrogen and oxygen atoms in total. The molecule has 160 valence electrons. The maximum atomic E-state index is 13.7. The number of nitrogens with zero attached hydrogens (tertiary/aromatic N) is 5. The lowest BCUT2D eigenvalue weighted by Gasteiger charge is -2.03. The van der Waals surface area contributed by atoms with E-state index in [2.05, 4.69) is 31.7 Å². The highest BCUT2D eigenvalue weighted by Gasteiger charge is 2.19. The molecule has 0 saturated carbocycles. The number of hydrogen-bond donors (Lipinski definition) is 2. The first-order valence-electron chi connectivity index (χ1n) is 9.95. The van der Waals surface area contributed by atoms with E-state index >= 15 is 0 Å². The Hall–Kier alpha value is -3.85. The molecular formula is C23H20FN7S. The van der Waals surface area contributed by atoms with Gasteiger partial charge in [0.15, 0.2) is 11.0 Å². The van der Waals surface area contributed by atoms with Gasteiger partial charge in [-0.15, -0.1) is 11.3 Å². The van der Waals surface area contributed by atoms with Gasteiger partial charge in [-0.25, -0.2) is 9.97 Å². The lowest BCUT2D eigenvalue weighted by Crippen LogP contribution is -1.95. The number of rotatable bonds is 5. The molecule has 0 amide bonds. The molecule has 0 aliphatic rings. The zero-order chi connectivity index (χ0) is 22.4. The number of nitrogens with one attached hydrogen (secondary N) is 2. The van der Waals surface area contributed by atoms with Crippen LogP contribution in [0.1, 0.15) is 22.1 Å². The lowest BCUT2D eigenvalue weighted by atomic mass is 10.1. The van der Waals surface area contributed by atoms with Crippen LogP contribution in [-0.4, -0.2) is 34.7 Å². The van der Waals surface area contributed by atoms with Crippen LogP contribution in [0.3, 0.4) is 0 Å². The molecule has 0 aliphatic carbocycles. The molecule has 2 N–H and O–H groups in total. The largest absolute Gasteiger partial charge is 0.340 e. The van der Waals surface area contributed by atoms with Crippen LogP contribution in [0.4, 0.5) is 4.39 Å². The number of halogens is 1.